The third-order valence-corrected chi connectivity index (χ3v) is 5.38. The van der Waals surface area contributed by atoms with Crippen molar-refractivity contribution in [1.29, 1.82) is 0 Å². The number of terminal acetylenes is 1. The Labute approximate surface area is 220 Å². The van der Waals surface area contributed by atoms with E-state index >= 15 is 0 Å². The fourth-order valence-corrected chi connectivity index (χ4v) is 3.48. The summed E-state index contributed by atoms with van der Waals surface area (Å²) in [6.45, 7) is 1.73. The number of anilines is 2. The molecular weight excluding hydrogens is 492 g/mol. The summed E-state index contributed by atoms with van der Waals surface area (Å²) < 4.78 is 21.8. The van der Waals surface area contributed by atoms with Crippen molar-refractivity contribution < 1.29 is 33.6 Å². The van der Waals surface area contributed by atoms with Gasteiger partial charge < -0.3 is 34.7 Å². The third-order valence-electron chi connectivity index (χ3n) is 5.38. The van der Waals surface area contributed by atoms with Gasteiger partial charge in [-0.05, 0) is 30.7 Å². The second-order valence-corrected chi connectivity index (χ2v) is 8.07. The molecule has 11 nitrogen and oxygen atoms in total. The molecule has 0 radical (unpaired) electrons. The van der Waals surface area contributed by atoms with Gasteiger partial charge in [0.1, 0.15) is 31.4 Å². The van der Waals surface area contributed by atoms with Crippen molar-refractivity contribution in [3.05, 3.63) is 48.3 Å². The number of hydrogen-bond acceptors (Lipinski definition) is 9. The van der Waals surface area contributed by atoms with Crippen LogP contribution in [0.5, 0.6) is 11.5 Å². The Morgan fingerprint density at radius 3 is 2.39 bits per heavy atom. The average molecular weight is 523 g/mol. The summed E-state index contributed by atoms with van der Waals surface area (Å²) in [7, 11) is 3.25. The van der Waals surface area contributed by atoms with Crippen molar-refractivity contribution in [2.75, 3.05) is 46.0 Å². The highest BCUT2D eigenvalue weighted by Crippen LogP contribution is 2.35. The molecule has 1 amide bonds. The van der Waals surface area contributed by atoms with Gasteiger partial charge in [-0.2, -0.15) is 0 Å². The summed E-state index contributed by atoms with van der Waals surface area (Å²) in [5, 5.41) is 14.7. The number of carbonyl (C=O) groups is 2. The normalized spacial score (nSPS) is 14.1. The van der Waals surface area contributed by atoms with Gasteiger partial charge >= 0.3 is 5.97 Å². The van der Waals surface area contributed by atoms with Gasteiger partial charge in [0.25, 0.3) is 0 Å². The summed E-state index contributed by atoms with van der Waals surface area (Å²) in [4.78, 5) is 29.3. The van der Waals surface area contributed by atoms with Crippen LogP contribution in [-0.2, 0) is 19.1 Å². The Kier molecular flexibility index (Phi) is 10.7. The maximum atomic E-state index is 10.4. The number of aliphatic carboxylic acids is 1. The van der Waals surface area contributed by atoms with Gasteiger partial charge in [0.15, 0.2) is 11.5 Å². The van der Waals surface area contributed by atoms with E-state index in [2.05, 4.69) is 26.5 Å². The van der Waals surface area contributed by atoms with E-state index < -0.39 is 12.0 Å². The standard InChI is InChI=1S/C22H23N3O4.C5H7NO3/c1-4-16-6-5-7-17(12-16)25-22-18-13-20(28-10-8-26-2)21(29-11-9-27-3)14-19(18)23-15-24-22;7-4-2-1-3(6-4)5(8)9/h1,5-7,12-15H,8-11H2,2-3H3,(H,23,24,25);3H,1-2H2,(H,6,7)(H,8,9). The first-order chi connectivity index (χ1) is 18.4. The van der Waals surface area contributed by atoms with E-state index in [1.807, 2.05) is 36.4 Å². The second kappa shape index (κ2) is 14.4. The molecule has 1 aliphatic heterocycles. The number of fused-ring (bicyclic) bond motifs is 1. The number of ether oxygens (including phenoxy) is 4. The van der Waals surface area contributed by atoms with Gasteiger partial charge in [0, 0.05) is 43.3 Å². The number of rotatable bonds is 11. The maximum Gasteiger partial charge on any atom is 0.326 e. The molecule has 0 saturated carbocycles. The minimum Gasteiger partial charge on any atom is -0.487 e. The molecule has 38 heavy (non-hydrogen) atoms. The molecule has 1 fully saturated rings. The van der Waals surface area contributed by atoms with Crippen molar-refractivity contribution >= 4 is 34.3 Å². The maximum absolute atomic E-state index is 10.4. The minimum atomic E-state index is -0.944. The molecule has 1 unspecified atom stereocenters. The Morgan fingerprint density at radius 1 is 1.11 bits per heavy atom. The van der Waals surface area contributed by atoms with Crippen LogP contribution in [0.15, 0.2) is 42.7 Å². The number of carboxylic acid groups (broad SMARTS) is 1. The van der Waals surface area contributed by atoms with Crippen LogP contribution in [0.1, 0.15) is 18.4 Å². The fourth-order valence-electron chi connectivity index (χ4n) is 3.48. The zero-order valence-electron chi connectivity index (χ0n) is 21.2. The molecule has 4 rings (SSSR count). The molecule has 1 aliphatic rings. The lowest BCUT2D eigenvalue weighted by molar-refractivity contribution is -0.140. The first kappa shape index (κ1) is 28.2. The molecule has 11 heteroatoms. The fraction of sp³-hybridized carbons (Fsp3) is 0.333. The number of methoxy groups -OCH3 is 2. The van der Waals surface area contributed by atoms with E-state index in [0.717, 1.165) is 22.2 Å². The quantitative estimate of drug-likeness (QED) is 0.254. The van der Waals surface area contributed by atoms with Gasteiger partial charge in [-0.1, -0.05) is 12.0 Å². The van der Waals surface area contributed by atoms with Crippen LogP contribution in [0.4, 0.5) is 11.5 Å². The van der Waals surface area contributed by atoms with Crippen LogP contribution in [0, 0.1) is 12.3 Å². The van der Waals surface area contributed by atoms with Gasteiger partial charge in [0.05, 0.1) is 18.7 Å². The van der Waals surface area contributed by atoms with Crippen LogP contribution >= 0.6 is 0 Å². The van der Waals surface area contributed by atoms with Gasteiger partial charge in [-0.3, -0.25) is 4.79 Å². The number of nitrogens with zero attached hydrogens (tertiary/aromatic N) is 2. The number of nitrogens with one attached hydrogen (secondary N) is 2. The number of aromatic nitrogens is 2. The lowest BCUT2D eigenvalue weighted by Crippen LogP contribution is -2.32. The second-order valence-electron chi connectivity index (χ2n) is 8.07. The molecule has 2 aromatic carbocycles. The van der Waals surface area contributed by atoms with Gasteiger partial charge in [0.2, 0.25) is 5.91 Å². The van der Waals surface area contributed by atoms with Crippen molar-refractivity contribution in [2.45, 2.75) is 18.9 Å². The van der Waals surface area contributed by atoms with Crippen molar-refractivity contribution in [1.82, 2.24) is 15.3 Å². The molecule has 1 saturated heterocycles. The molecule has 3 aromatic rings. The lowest BCUT2D eigenvalue weighted by atomic mass is 10.2. The van der Waals surface area contributed by atoms with Gasteiger partial charge in [-0.15, -0.1) is 6.42 Å². The largest absolute Gasteiger partial charge is 0.487 e. The van der Waals surface area contributed by atoms with Gasteiger partial charge in [-0.25, -0.2) is 14.8 Å². The zero-order chi connectivity index (χ0) is 27.3. The molecular formula is C27H30N4O7. The number of amides is 1. The Morgan fingerprint density at radius 2 is 1.82 bits per heavy atom. The number of hydrogen-bond donors (Lipinski definition) is 3. The lowest BCUT2D eigenvalue weighted by Gasteiger charge is -2.15. The van der Waals surface area contributed by atoms with E-state index in [0.29, 0.717) is 56.6 Å². The predicted molar refractivity (Wildman–Crippen MR) is 141 cm³/mol. The Bertz CT molecular complexity index is 1290. The van der Waals surface area contributed by atoms with Crippen LogP contribution < -0.4 is 20.1 Å². The van der Waals surface area contributed by atoms with Crippen LogP contribution in [0.3, 0.4) is 0 Å². The molecule has 0 spiro atoms. The van der Waals surface area contributed by atoms with E-state index in [1.165, 1.54) is 6.33 Å². The molecule has 2 heterocycles. The van der Waals surface area contributed by atoms with Crippen LogP contribution in [0.25, 0.3) is 10.9 Å². The Balaban J connectivity index is 0.000000375. The smallest absolute Gasteiger partial charge is 0.326 e. The first-order valence-electron chi connectivity index (χ1n) is 11.8. The highest BCUT2D eigenvalue weighted by molar-refractivity contribution is 5.93. The number of carbonyl (C=O) groups excluding carboxylic acids is 1. The van der Waals surface area contributed by atoms with E-state index in [9.17, 15) is 9.59 Å². The zero-order valence-corrected chi connectivity index (χ0v) is 21.2. The predicted octanol–water partition coefficient (Wildman–Crippen LogP) is 2.75. The average Bonchev–Trinajstić information content (AvgIpc) is 3.36. The van der Waals surface area contributed by atoms with E-state index in [-0.39, 0.29) is 5.91 Å². The van der Waals surface area contributed by atoms with E-state index in [4.69, 9.17) is 30.5 Å². The summed E-state index contributed by atoms with van der Waals surface area (Å²) in [5.41, 5.74) is 2.34. The van der Waals surface area contributed by atoms with Crippen LogP contribution in [-0.4, -0.2) is 73.6 Å². The van der Waals surface area contributed by atoms with E-state index in [1.54, 1.807) is 14.2 Å². The van der Waals surface area contributed by atoms with Crippen molar-refractivity contribution in [2.24, 2.45) is 0 Å². The molecule has 0 bridgehead atoms. The molecule has 200 valence electrons. The monoisotopic (exact) mass is 522 g/mol. The SMILES string of the molecule is C#Cc1cccc(Nc2ncnc3cc(OCCOC)c(OCCOC)cc23)c1.O=C1CCC(C(=O)O)N1. The van der Waals surface area contributed by atoms with Crippen molar-refractivity contribution in [3.63, 3.8) is 0 Å². The summed E-state index contributed by atoms with van der Waals surface area (Å²) in [6, 6.07) is 10.6. The summed E-state index contributed by atoms with van der Waals surface area (Å²) in [6.07, 6.45) is 7.76. The third kappa shape index (κ3) is 8.06. The summed E-state index contributed by atoms with van der Waals surface area (Å²) >= 11 is 0. The van der Waals surface area contributed by atoms with Crippen molar-refractivity contribution in [3.8, 4) is 23.8 Å². The summed E-state index contributed by atoms with van der Waals surface area (Å²) in [5.74, 6) is 3.34. The Hall–Kier alpha value is -4.40. The topological polar surface area (TPSA) is 141 Å². The highest BCUT2D eigenvalue weighted by atomic mass is 16.5. The van der Waals surface area contributed by atoms with Crippen LogP contribution in [0.2, 0.25) is 0 Å². The first-order valence-corrected chi connectivity index (χ1v) is 11.8. The number of carboxylic acids is 1. The number of benzene rings is 2. The molecule has 3 N–H and O–H groups in total. The molecule has 1 aromatic heterocycles. The highest BCUT2D eigenvalue weighted by Gasteiger charge is 2.26. The molecule has 0 aliphatic carbocycles. The minimum absolute atomic E-state index is 0.164. The molecule has 1 atom stereocenters.